The van der Waals surface area contributed by atoms with Gasteiger partial charge in [0.05, 0.1) is 51.7 Å². The number of H-pyrrole nitrogens is 1. The molecule has 3 aromatic rings. The van der Waals surface area contributed by atoms with Crippen molar-refractivity contribution in [3.63, 3.8) is 0 Å². The smallest absolute Gasteiger partial charge is 0.337 e. The van der Waals surface area contributed by atoms with Crippen LogP contribution >= 0.6 is 0 Å². The van der Waals surface area contributed by atoms with Gasteiger partial charge in [0.15, 0.2) is 0 Å². The van der Waals surface area contributed by atoms with Gasteiger partial charge >= 0.3 is 12.0 Å². The van der Waals surface area contributed by atoms with Crippen molar-refractivity contribution in [1.29, 1.82) is 0 Å². The lowest BCUT2D eigenvalue weighted by Crippen LogP contribution is -2.43. The van der Waals surface area contributed by atoms with E-state index in [4.69, 9.17) is 18.9 Å². The Kier molecular flexibility index (Phi) is 6.58. The third-order valence-electron chi connectivity index (χ3n) is 5.74. The molecule has 0 bridgehead atoms. The number of anilines is 1. The summed E-state index contributed by atoms with van der Waals surface area (Å²) in [6, 6.07) is 9.32. The molecule has 0 fully saturated rings. The van der Waals surface area contributed by atoms with Crippen molar-refractivity contribution in [2.75, 3.05) is 40.3 Å². The molecule has 1 atom stereocenters. The molecular weight excluding hydrogens is 440 g/mol. The van der Waals surface area contributed by atoms with E-state index in [-0.39, 0.29) is 6.03 Å². The van der Waals surface area contributed by atoms with Crippen molar-refractivity contribution >= 4 is 17.7 Å². The van der Waals surface area contributed by atoms with Gasteiger partial charge in [0.2, 0.25) is 0 Å². The molecule has 0 unspecified atom stereocenters. The van der Waals surface area contributed by atoms with Gasteiger partial charge in [-0.2, -0.15) is 0 Å². The minimum Gasteiger partial charge on any atom is -0.497 e. The van der Waals surface area contributed by atoms with Crippen LogP contribution in [-0.4, -0.2) is 61.9 Å². The molecule has 1 aromatic heterocycles. The fourth-order valence-electron chi connectivity index (χ4n) is 4.06. The molecule has 1 aliphatic rings. The lowest BCUT2D eigenvalue weighted by Gasteiger charge is -2.35. The summed E-state index contributed by atoms with van der Waals surface area (Å²) in [5.41, 5.74) is 3.13. The van der Waals surface area contributed by atoms with Crippen molar-refractivity contribution in [2.45, 2.75) is 12.5 Å². The van der Waals surface area contributed by atoms with Crippen LogP contribution in [0.3, 0.4) is 0 Å². The molecule has 0 spiro atoms. The summed E-state index contributed by atoms with van der Waals surface area (Å²) in [4.78, 5) is 34.9. The lowest BCUT2D eigenvalue weighted by atomic mass is 9.95. The molecular formula is C24H26N4O6. The molecule has 34 heavy (non-hydrogen) atoms. The Labute approximate surface area is 196 Å². The fourth-order valence-corrected chi connectivity index (χ4v) is 4.06. The van der Waals surface area contributed by atoms with Crippen molar-refractivity contribution < 1.29 is 28.5 Å². The molecule has 178 valence electrons. The summed E-state index contributed by atoms with van der Waals surface area (Å²) in [6.45, 7) is 0.435. The van der Waals surface area contributed by atoms with Crippen molar-refractivity contribution in [2.24, 2.45) is 0 Å². The number of amides is 2. The molecule has 2 N–H and O–H groups in total. The fraction of sp³-hybridized carbons (Fsp3) is 0.292. The summed E-state index contributed by atoms with van der Waals surface area (Å²) < 4.78 is 21.1. The third kappa shape index (κ3) is 4.34. The van der Waals surface area contributed by atoms with Gasteiger partial charge in [-0.3, -0.25) is 0 Å². The van der Waals surface area contributed by atoms with Crippen molar-refractivity contribution in [1.82, 2.24) is 14.9 Å². The highest BCUT2D eigenvalue weighted by Gasteiger charge is 2.35. The second kappa shape index (κ2) is 9.74. The molecule has 0 saturated carbocycles. The Morgan fingerprint density at radius 2 is 1.76 bits per heavy atom. The predicted octanol–water partition coefficient (Wildman–Crippen LogP) is 3.40. The van der Waals surface area contributed by atoms with E-state index in [1.807, 2.05) is 12.1 Å². The molecule has 2 heterocycles. The van der Waals surface area contributed by atoms with Crippen LogP contribution in [-0.2, 0) is 11.2 Å². The monoisotopic (exact) mass is 466 g/mol. The number of fused-ring (bicyclic) bond motifs is 1. The maximum Gasteiger partial charge on any atom is 0.337 e. The maximum atomic E-state index is 13.6. The number of ether oxygens (including phenoxy) is 4. The number of carbonyl (C=O) groups excluding carboxylic acids is 2. The number of imidazole rings is 1. The Hall–Kier alpha value is -4.21. The standard InChI is InChI=1S/C24H26N4O6/c1-31-16-9-15(10-17(12-16)32-2)22-21-18(25-13-26-21)7-8-28(22)24(30)27-19-11-14(23(29)34-4)5-6-20(19)33-3/h5-6,9-13,22H,7-8H2,1-4H3,(H,25,26)(H,27,30)/t22-/m1/s1. The first-order valence-corrected chi connectivity index (χ1v) is 10.6. The second-order valence-electron chi connectivity index (χ2n) is 7.60. The average Bonchev–Trinajstić information content (AvgIpc) is 3.36. The molecule has 4 rings (SSSR count). The highest BCUT2D eigenvalue weighted by molar-refractivity contribution is 5.95. The number of nitrogens with one attached hydrogen (secondary N) is 2. The van der Waals surface area contributed by atoms with Crippen LogP contribution in [0.25, 0.3) is 0 Å². The second-order valence-corrected chi connectivity index (χ2v) is 7.60. The zero-order valence-electron chi connectivity index (χ0n) is 19.4. The van der Waals surface area contributed by atoms with Crippen molar-refractivity contribution in [3.8, 4) is 17.2 Å². The third-order valence-corrected chi connectivity index (χ3v) is 5.74. The number of hydrogen-bond donors (Lipinski definition) is 2. The van der Waals surface area contributed by atoms with Gasteiger partial charge in [-0.05, 0) is 35.9 Å². The minimum absolute atomic E-state index is 0.293. The largest absolute Gasteiger partial charge is 0.497 e. The lowest BCUT2D eigenvalue weighted by molar-refractivity contribution is 0.0600. The van der Waals surface area contributed by atoms with Gasteiger partial charge in [0, 0.05) is 24.7 Å². The van der Waals surface area contributed by atoms with Crippen LogP contribution in [0.2, 0.25) is 0 Å². The van der Waals surface area contributed by atoms with Gasteiger partial charge in [-0.25, -0.2) is 14.6 Å². The number of carbonyl (C=O) groups is 2. The van der Waals surface area contributed by atoms with E-state index < -0.39 is 12.0 Å². The Morgan fingerprint density at radius 3 is 2.41 bits per heavy atom. The number of aromatic nitrogens is 2. The first-order chi connectivity index (χ1) is 16.5. The van der Waals surface area contributed by atoms with Crippen molar-refractivity contribution in [3.05, 3.63) is 65.2 Å². The van der Waals surface area contributed by atoms with Crippen LogP contribution < -0.4 is 19.5 Å². The van der Waals surface area contributed by atoms with E-state index in [1.165, 1.54) is 20.3 Å². The van der Waals surface area contributed by atoms with Crippen LogP contribution in [0.5, 0.6) is 17.2 Å². The Morgan fingerprint density at radius 1 is 1.03 bits per heavy atom. The van der Waals surface area contributed by atoms with E-state index in [0.717, 1.165) is 17.0 Å². The van der Waals surface area contributed by atoms with E-state index in [2.05, 4.69) is 15.3 Å². The van der Waals surface area contributed by atoms with Crippen LogP contribution in [0.15, 0.2) is 42.7 Å². The van der Waals surface area contributed by atoms with Gasteiger partial charge in [-0.1, -0.05) is 0 Å². The predicted molar refractivity (Wildman–Crippen MR) is 124 cm³/mol. The SMILES string of the molecule is COC(=O)c1ccc(OC)c(NC(=O)N2CCc3[nH]cnc3[C@H]2c2cc(OC)cc(OC)c2)c1. The zero-order valence-corrected chi connectivity index (χ0v) is 19.4. The Bertz CT molecular complexity index is 1190. The van der Waals surface area contributed by atoms with E-state index in [1.54, 1.807) is 43.6 Å². The van der Waals surface area contributed by atoms with Gasteiger partial charge in [0.25, 0.3) is 0 Å². The summed E-state index contributed by atoms with van der Waals surface area (Å²) >= 11 is 0. The molecule has 0 saturated heterocycles. The molecule has 2 aromatic carbocycles. The highest BCUT2D eigenvalue weighted by Crippen LogP contribution is 2.37. The molecule has 0 radical (unpaired) electrons. The quantitative estimate of drug-likeness (QED) is 0.535. The van der Waals surface area contributed by atoms with Gasteiger partial charge in [-0.15, -0.1) is 0 Å². The number of methoxy groups -OCH3 is 4. The molecule has 1 aliphatic heterocycles. The van der Waals surface area contributed by atoms with Crippen LogP contribution in [0.4, 0.5) is 10.5 Å². The number of aromatic amines is 1. The number of esters is 1. The maximum absolute atomic E-state index is 13.6. The minimum atomic E-state index is -0.515. The summed E-state index contributed by atoms with van der Waals surface area (Å²) in [5.74, 6) is 1.10. The van der Waals surface area contributed by atoms with Gasteiger partial charge in [0.1, 0.15) is 23.3 Å². The number of urea groups is 1. The molecule has 0 aliphatic carbocycles. The van der Waals surface area contributed by atoms with Gasteiger partial charge < -0.3 is 34.1 Å². The number of rotatable bonds is 6. The normalized spacial score (nSPS) is 14.7. The first kappa shape index (κ1) is 23.0. The molecule has 10 heteroatoms. The highest BCUT2D eigenvalue weighted by atomic mass is 16.5. The van der Waals surface area contributed by atoms with E-state index in [0.29, 0.717) is 41.5 Å². The zero-order chi connectivity index (χ0) is 24.2. The average molecular weight is 466 g/mol. The number of benzene rings is 2. The Balaban J connectivity index is 1.72. The van der Waals surface area contributed by atoms with Crippen LogP contribution in [0, 0.1) is 0 Å². The number of hydrogen-bond acceptors (Lipinski definition) is 7. The summed E-state index contributed by atoms with van der Waals surface area (Å²) in [7, 11) is 5.94. The first-order valence-electron chi connectivity index (χ1n) is 10.6. The topological polar surface area (TPSA) is 115 Å². The summed E-state index contributed by atoms with van der Waals surface area (Å²) in [6.07, 6.45) is 2.24. The summed E-state index contributed by atoms with van der Waals surface area (Å²) in [5, 5.41) is 2.88. The number of nitrogens with zero attached hydrogens (tertiary/aromatic N) is 2. The van der Waals surface area contributed by atoms with E-state index >= 15 is 0 Å². The molecule has 10 nitrogen and oxygen atoms in total. The van der Waals surface area contributed by atoms with Crippen LogP contribution in [0.1, 0.15) is 33.4 Å². The van der Waals surface area contributed by atoms with E-state index in [9.17, 15) is 9.59 Å². The molecule has 2 amide bonds.